The number of rotatable bonds is 4. The molecule has 1 aliphatic rings. The Kier molecular flexibility index (Phi) is 4.85. The van der Waals surface area contributed by atoms with Crippen LogP contribution >= 0.6 is 11.6 Å². The minimum absolute atomic E-state index is 0.208. The van der Waals surface area contributed by atoms with E-state index in [4.69, 9.17) is 11.6 Å². The van der Waals surface area contributed by atoms with Crippen LogP contribution in [0.15, 0.2) is 36.7 Å². The van der Waals surface area contributed by atoms with Crippen molar-refractivity contribution < 1.29 is 9.59 Å². The Bertz CT molecular complexity index is 799. The lowest BCUT2D eigenvalue weighted by Crippen LogP contribution is -2.43. The number of nitrogens with zero attached hydrogens (tertiary/aromatic N) is 4. The normalized spacial score (nSPS) is 17.1. The van der Waals surface area contributed by atoms with Gasteiger partial charge < -0.3 is 10.2 Å². The first kappa shape index (κ1) is 17.2. The standard InChI is InChI=1S/C17H18ClN5O2/c1-11-12(5-3-6-13(11)18)9-21-15(24)14-10-23(17(25)22(14)2)16-19-7-4-8-20-16/h3-8,14H,9-10H2,1-2H3,(H,21,24)/t14-/m0/s1. The molecule has 1 N–H and O–H groups in total. The summed E-state index contributed by atoms with van der Waals surface area (Å²) in [5.74, 6) is 0.0639. The van der Waals surface area contributed by atoms with Crippen molar-refractivity contribution in [1.82, 2.24) is 20.2 Å². The van der Waals surface area contributed by atoms with Gasteiger partial charge in [-0.2, -0.15) is 0 Å². The van der Waals surface area contributed by atoms with Crippen molar-refractivity contribution in [1.29, 1.82) is 0 Å². The van der Waals surface area contributed by atoms with Crippen molar-refractivity contribution in [2.75, 3.05) is 18.5 Å². The zero-order valence-corrected chi connectivity index (χ0v) is 14.7. The van der Waals surface area contributed by atoms with Crippen LogP contribution in [0.2, 0.25) is 5.02 Å². The number of likely N-dealkylation sites (N-methyl/N-ethyl adjacent to an activating group) is 1. The first-order chi connectivity index (χ1) is 12.0. The van der Waals surface area contributed by atoms with E-state index in [1.54, 1.807) is 25.5 Å². The van der Waals surface area contributed by atoms with Gasteiger partial charge in [0.05, 0.1) is 6.54 Å². The summed E-state index contributed by atoms with van der Waals surface area (Å²) in [5, 5.41) is 3.53. The third-order valence-electron chi connectivity index (χ3n) is 4.28. The second-order valence-electron chi connectivity index (χ2n) is 5.81. The molecule has 0 saturated carbocycles. The molecule has 130 valence electrons. The van der Waals surface area contributed by atoms with Crippen LogP contribution in [0.25, 0.3) is 0 Å². The van der Waals surface area contributed by atoms with E-state index in [9.17, 15) is 9.59 Å². The van der Waals surface area contributed by atoms with Crippen molar-refractivity contribution in [3.63, 3.8) is 0 Å². The Balaban J connectivity index is 1.68. The molecular weight excluding hydrogens is 342 g/mol. The molecule has 1 atom stereocenters. The van der Waals surface area contributed by atoms with Gasteiger partial charge in [-0.1, -0.05) is 23.7 Å². The van der Waals surface area contributed by atoms with Crippen LogP contribution < -0.4 is 10.2 Å². The van der Waals surface area contributed by atoms with Crippen molar-refractivity contribution in [2.24, 2.45) is 0 Å². The third-order valence-corrected chi connectivity index (χ3v) is 4.69. The molecular formula is C17H18ClN5O2. The van der Waals surface area contributed by atoms with E-state index in [1.807, 2.05) is 25.1 Å². The molecule has 3 amide bonds. The molecule has 1 aromatic heterocycles. The van der Waals surface area contributed by atoms with Crippen LogP contribution in [0, 0.1) is 6.92 Å². The zero-order valence-electron chi connectivity index (χ0n) is 13.9. The van der Waals surface area contributed by atoms with Gasteiger partial charge >= 0.3 is 6.03 Å². The van der Waals surface area contributed by atoms with E-state index in [-0.39, 0.29) is 18.5 Å². The van der Waals surface area contributed by atoms with E-state index in [0.717, 1.165) is 11.1 Å². The van der Waals surface area contributed by atoms with Gasteiger partial charge in [0, 0.05) is 31.0 Å². The molecule has 1 aliphatic heterocycles. The molecule has 0 aliphatic carbocycles. The molecule has 2 heterocycles. The van der Waals surface area contributed by atoms with Gasteiger partial charge in [-0.15, -0.1) is 0 Å². The van der Waals surface area contributed by atoms with Crippen LogP contribution in [-0.2, 0) is 11.3 Å². The lowest BCUT2D eigenvalue weighted by molar-refractivity contribution is -0.124. The van der Waals surface area contributed by atoms with Gasteiger partial charge in [0.15, 0.2) is 0 Å². The monoisotopic (exact) mass is 359 g/mol. The number of aromatic nitrogens is 2. The molecule has 7 nitrogen and oxygen atoms in total. The van der Waals surface area contributed by atoms with E-state index in [2.05, 4.69) is 15.3 Å². The first-order valence-corrected chi connectivity index (χ1v) is 8.20. The summed E-state index contributed by atoms with van der Waals surface area (Å²) >= 11 is 6.10. The van der Waals surface area contributed by atoms with Gasteiger partial charge in [0.1, 0.15) is 6.04 Å². The number of amides is 3. The lowest BCUT2D eigenvalue weighted by atomic mass is 10.1. The summed E-state index contributed by atoms with van der Waals surface area (Å²) in [7, 11) is 1.60. The highest BCUT2D eigenvalue weighted by molar-refractivity contribution is 6.31. The second-order valence-corrected chi connectivity index (χ2v) is 6.22. The number of hydrogen-bond acceptors (Lipinski definition) is 4. The largest absolute Gasteiger partial charge is 0.350 e. The van der Waals surface area contributed by atoms with E-state index in [0.29, 0.717) is 17.5 Å². The summed E-state index contributed by atoms with van der Waals surface area (Å²) in [6.07, 6.45) is 3.12. The number of nitrogens with one attached hydrogen (secondary N) is 1. The minimum atomic E-state index is -0.601. The van der Waals surface area contributed by atoms with E-state index in [1.165, 1.54) is 9.80 Å². The summed E-state index contributed by atoms with van der Waals surface area (Å²) < 4.78 is 0. The van der Waals surface area contributed by atoms with Gasteiger partial charge in [0.25, 0.3) is 0 Å². The summed E-state index contributed by atoms with van der Waals surface area (Å²) in [6.45, 7) is 2.47. The average molecular weight is 360 g/mol. The SMILES string of the molecule is Cc1c(Cl)cccc1CNC(=O)[C@@H]1CN(c2ncccn2)C(=O)N1C. The fraction of sp³-hybridized carbons (Fsp3) is 0.294. The number of urea groups is 1. The van der Waals surface area contributed by atoms with E-state index >= 15 is 0 Å². The van der Waals surface area contributed by atoms with Gasteiger partial charge in [-0.05, 0) is 30.2 Å². The predicted molar refractivity (Wildman–Crippen MR) is 94.4 cm³/mol. The van der Waals surface area contributed by atoms with Crippen LogP contribution in [0.4, 0.5) is 10.7 Å². The smallest absolute Gasteiger partial charge is 0.327 e. The zero-order chi connectivity index (χ0) is 18.0. The predicted octanol–water partition coefficient (Wildman–Crippen LogP) is 2.00. The molecule has 0 radical (unpaired) electrons. The number of anilines is 1. The summed E-state index contributed by atoms with van der Waals surface area (Å²) in [5.41, 5.74) is 1.87. The molecule has 1 fully saturated rings. The van der Waals surface area contributed by atoms with Crippen LogP contribution in [0.3, 0.4) is 0 Å². The number of halogens is 1. The molecule has 0 bridgehead atoms. The van der Waals surface area contributed by atoms with Crippen molar-refractivity contribution in [3.8, 4) is 0 Å². The van der Waals surface area contributed by atoms with Crippen molar-refractivity contribution >= 4 is 29.5 Å². The molecule has 25 heavy (non-hydrogen) atoms. The number of carbonyl (C=O) groups excluding carboxylic acids is 2. The molecule has 3 rings (SSSR count). The molecule has 1 aromatic carbocycles. The maximum absolute atomic E-state index is 12.5. The Hall–Kier alpha value is -2.67. The number of carbonyl (C=O) groups is 2. The quantitative estimate of drug-likeness (QED) is 0.905. The minimum Gasteiger partial charge on any atom is -0.350 e. The Morgan fingerprint density at radius 3 is 2.76 bits per heavy atom. The fourth-order valence-corrected chi connectivity index (χ4v) is 2.89. The summed E-state index contributed by atoms with van der Waals surface area (Å²) in [6, 6.07) is 6.33. The van der Waals surface area contributed by atoms with Crippen LogP contribution in [0.1, 0.15) is 11.1 Å². The molecule has 1 saturated heterocycles. The number of benzene rings is 1. The number of hydrogen-bond donors (Lipinski definition) is 1. The Morgan fingerprint density at radius 1 is 1.32 bits per heavy atom. The Morgan fingerprint density at radius 2 is 2.04 bits per heavy atom. The third kappa shape index (κ3) is 3.41. The highest BCUT2D eigenvalue weighted by Gasteiger charge is 2.40. The topological polar surface area (TPSA) is 78.4 Å². The lowest BCUT2D eigenvalue weighted by Gasteiger charge is -2.17. The molecule has 0 spiro atoms. The highest BCUT2D eigenvalue weighted by Crippen LogP contribution is 2.20. The van der Waals surface area contributed by atoms with Crippen molar-refractivity contribution in [2.45, 2.75) is 19.5 Å². The molecule has 0 unspecified atom stereocenters. The second kappa shape index (κ2) is 7.06. The maximum atomic E-state index is 12.5. The highest BCUT2D eigenvalue weighted by atomic mass is 35.5. The average Bonchev–Trinajstić information content (AvgIpc) is 2.92. The molecule has 8 heteroatoms. The van der Waals surface area contributed by atoms with E-state index < -0.39 is 6.04 Å². The Labute approximate surface area is 150 Å². The van der Waals surface area contributed by atoms with Gasteiger partial charge in [0.2, 0.25) is 11.9 Å². The summed E-state index contributed by atoms with van der Waals surface area (Å²) in [4.78, 5) is 35.9. The van der Waals surface area contributed by atoms with Gasteiger partial charge in [-0.3, -0.25) is 9.69 Å². The first-order valence-electron chi connectivity index (χ1n) is 7.82. The van der Waals surface area contributed by atoms with Crippen LogP contribution in [0.5, 0.6) is 0 Å². The van der Waals surface area contributed by atoms with Gasteiger partial charge in [-0.25, -0.2) is 14.8 Å². The maximum Gasteiger partial charge on any atom is 0.327 e. The van der Waals surface area contributed by atoms with Crippen molar-refractivity contribution in [3.05, 3.63) is 52.8 Å². The van der Waals surface area contributed by atoms with Crippen LogP contribution in [-0.4, -0.2) is 46.4 Å². The molecule has 2 aromatic rings. The fourth-order valence-electron chi connectivity index (χ4n) is 2.70.